The molecule has 140 valence electrons. The predicted molar refractivity (Wildman–Crippen MR) is 87.4 cm³/mol. The average molecular weight is 367 g/mol. The van der Waals surface area contributed by atoms with E-state index in [4.69, 9.17) is 4.52 Å². The first-order valence-electron chi connectivity index (χ1n) is 8.88. The number of aryl methyl sites for hydroxylation is 1. The van der Waals surface area contributed by atoms with Gasteiger partial charge < -0.3 is 9.42 Å². The molecule has 0 N–H and O–H groups in total. The van der Waals surface area contributed by atoms with E-state index in [1.54, 1.807) is 0 Å². The lowest BCUT2D eigenvalue weighted by atomic mass is 9.91. The highest BCUT2D eigenvalue weighted by atomic mass is 19.4. The highest BCUT2D eigenvalue weighted by Crippen LogP contribution is 2.41. The Balaban J connectivity index is 1.57. The van der Waals surface area contributed by atoms with Crippen molar-refractivity contribution in [2.75, 3.05) is 13.1 Å². The van der Waals surface area contributed by atoms with E-state index in [0.29, 0.717) is 37.5 Å². The molecule has 1 saturated carbocycles. The van der Waals surface area contributed by atoms with Crippen LogP contribution in [0.5, 0.6) is 0 Å². The van der Waals surface area contributed by atoms with Crippen LogP contribution in [-0.2, 0) is 11.0 Å². The Morgan fingerprint density at radius 2 is 1.96 bits per heavy atom. The third kappa shape index (κ3) is 2.95. The van der Waals surface area contributed by atoms with Gasteiger partial charge in [0.2, 0.25) is 5.91 Å². The molecule has 0 spiro atoms. The third-order valence-corrected chi connectivity index (χ3v) is 5.59. The molecule has 1 saturated heterocycles. The number of alkyl halides is 3. The second-order valence-electron chi connectivity index (χ2n) is 7.46. The maximum Gasteiger partial charge on any atom is 0.417 e. The summed E-state index contributed by atoms with van der Waals surface area (Å²) in [6, 6.07) is 1.12. The molecule has 8 heteroatoms. The van der Waals surface area contributed by atoms with Crippen LogP contribution in [0.2, 0.25) is 0 Å². The maximum atomic E-state index is 13.5. The van der Waals surface area contributed by atoms with E-state index in [2.05, 4.69) is 17.1 Å². The number of rotatable bonds is 2. The van der Waals surface area contributed by atoms with Crippen LogP contribution in [0.15, 0.2) is 10.6 Å². The molecule has 5 nitrogen and oxygen atoms in total. The number of halogens is 3. The minimum absolute atomic E-state index is 0.0716. The quantitative estimate of drug-likeness (QED) is 0.807. The summed E-state index contributed by atoms with van der Waals surface area (Å²) in [5.41, 5.74) is -0.266. The van der Waals surface area contributed by atoms with Gasteiger partial charge in [-0.15, -0.1) is 0 Å². The summed E-state index contributed by atoms with van der Waals surface area (Å²) in [5, 5.41) is 3.56. The lowest BCUT2D eigenvalue weighted by Gasteiger charge is -2.32. The number of aromatic nitrogens is 2. The molecule has 0 radical (unpaired) electrons. The van der Waals surface area contributed by atoms with Crippen LogP contribution < -0.4 is 0 Å². The van der Waals surface area contributed by atoms with Gasteiger partial charge in [-0.2, -0.15) is 13.2 Å². The Kier molecular flexibility index (Phi) is 3.96. The van der Waals surface area contributed by atoms with Crippen LogP contribution in [0.3, 0.4) is 0 Å². The molecule has 3 heterocycles. The second-order valence-corrected chi connectivity index (χ2v) is 7.46. The van der Waals surface area contributed by atoms with Gasteiger partial charge in [-0.25, -0.2) is 4.98 Å². The van der Waals surface area contributed by atoms with E-state index in [9.17, 15) is 18.0 Å². The number of carbonyl (C=O) groups excluding carboxylic acids is 1. The molecule has 2 unspecified atom stereocenters. The van der Waals surface area contributed by atoms with Crippen LogP contribution >= 0.6 is 0 Å². The molecule has 2 aliphatic rings. The van der Waals surface area contributed by atoms with Crippen LogP contribution in [0.1, 0.15) is 49.1 Å². The molecule has 0 aromatic carbocycles. The number of hydrogen-bond acceptors (Lipinski definition) is 4. The van der Waals surface area contributed by atoms with Crippen LogP contribution in [-0.4, -0.2) is 34.0 Å². The lowest BCUT2D eigenvalue weighted by Crippen LogP contribution is -2.39. The largest absolute Gasteiger partial charge is 0.417 e. The van der Waals surface area contributed by atoms with Gasteiger partial charge in [0.15, 0.2) is 0 Å². The maximum absolute atomic E-state index is 13.5. The third-order valence-electron chi connectivity index (χ3n) is 5.59. The molecule has 1 amide bonds. The van der Waals surface area contributed by atoms with Crippen LogP contribution in [0, 0.1) is 18.8 Å². The fourth-order valence-corrected chi connectivity index (χ4v) is 3.84. The van der Waals surface area contributed by atoms with Crippen molar-refractivity contribution in [1.82, 2.24) is 15.0 Å². The van der Waals surface area contributed by atoms with Crippen molar-refractivity contribution in [3.8, 4) is 0 Å². The SMILES string of the molecule is Cc1noc2nc(C3CCN(C(=O)C4CC4C)CC3)cc(C(F)(F)F)c12. The van der Waals surface area contributed by atoms with E-state index in [-0.39, 0.29) is 34.5 Å². The normalized spacial score (nSPS) is 24.3. The Morgan fingerprint density at radius 3 is 2.54 bits per heavy atom. The molecular formula is C18H20F3N3O2. The zero-order chi connectivity index (χ0) is 18.6. The zero-order valence-corrected chi connectivity index (χ0v) is 14.6. The van der Waals surface area contributed by atoms with Gasteiger partial charge in [0.1, 0.15) is 0 Å². The summed E-state index contributed by atoms with van der Waals surface area (Å²) in [5.74, 6) is 0.649. The molecule has 2 atom stereocenters. The van der Waals surface area contributed by atoms with Crippen molar-refractivity contribution in [3.63, 3.8) is 0 Å². The molecule has 0 bridgehead atoms. The van der Waals surface area contributed by atoms with Gasteiger partial charge in [-0.3, -0.25) is 4.79 Å². The van der Waals surface area contributed by atoms with Crippen molar-refractivity contribution in [2.45, 2.75) is 45.2 Å². The van der Waals surface area contributed by atoms with Crippen molar-refractivity contribution in [1.29, 1.82) is 0 Å². The number of piperidine rings is 1. The van der Waals surface area contributed by atoms with Gasteiger partial charge in [-0.1, -0.05) is 12.1 Å². The number of carbonyl (C=O) groups is 1. The smallest absolute Gasteiger partial charge is 0.342 e. The highest BCUT2D eigenvalue weighted by Gasteiger charge is 2.42. The summed E-state index contributed by atoms with van der Waals surface area (Å²) in [7, 11) is 0. The summed E-state index contributed by atoms with van der Waals surface area (Å²) in [6.45, 7) is 4.66. The minimum Gasteiger partial charge on any atom is -0.342 e. The number of nitrogens with zero attached hydrogens (tertiary/aromatic N) is 3. The van der Waals surface area contributed by atoms with Gasteiger partial charge in [0.25, 0.3) is 5.71 Å². The first-order chi connectivity index (χ1) is 12.3. The summed E-state index contributed by atoms with van der Waals surface area (Å²) < 4.78 is 45.4. The van der Waals surface area contributed by atoms with Crippen molar-refractivity contribution in [2.24, 2.45) is 11.8 Å². The fourth-order valence-electron chi connectivity index (χ4n) is 3.84. The number of pyridine rings is 1. The van der Waals surface area contributed by atoms with Gasteiger partial charge in [-0.05, 0) is 38.2 Å². The van der Waals surface area contributed by atoms with Crippen molar-refractivity contribution < 1.29 is 22.5 Å². The molecule has 1 aliphatic carbocycles. The Bertz CT molecular complexity index is 853. The molecule has 26 heavy (non-hydrogen) atoms. The van der Waals surface area contributed by atoms with Gasteiger partial charge >= 0.3 is 6.18 Å². The second kappa shape index (κ2) is 5.96. The molecule has 2 aromatic heterocycles. The summed E-state index contributed by atoms with van der Waals surface area (Å²) >= 11 is 0. The number of fused-ring (bicyclic) bond motifs is 1. The highest BCUT2D eigenvalue weighted by molar-refractivity contribution is 5.82. The van der Waals surface area contributed by atoms with E-state index < -0.39 is 11.7 Å². The molecule has 2 aromatic rings. The number of amides is 1. The first kappa shape index (κ1) is 17.3. The fraction of sp³-hybridized carbons (Fsp3) is 0.611. The van der Waals surface area contributed by atoms with Crippen molar-refractivity contribution in [3.05, 3.63) is 23.0 Å². The van der Waals surface area contributed by atoms with E-state index in [0.717, 1.165) is 12.5 Å². The Labute approximate surface area is 148 Å². The number of likely N-dealkylation sites (tertiary alicyclic amines) is 1. The van der Waals surface area contributed by atoms with Crippen molar-refractivity contribution >= 4 is 17.0 Å². The molecule has 4 rings (SSSR count). The predicted octanol–water partition coefficient (Wildman–Crippen LogP) is 3.91. The standard InChI is InChI=1S/C18H20F3N3O2/c1-9-7-12(9)17(25)24-5-3-11(4-6-24)14-8-13(18(19,20)21)15-10(2)23-26-16(15)22-14/h8-9,11-12H,3-7H2,1-2H3. The molecular weight excluding hydrogens is 347 g/mol. The first-order valence-corrected chi connectivity index (χ1v) is 8.88. The van der Waals surface area contributed by atoms with Crippen LogP contribution in [0.25, 0.3) is 11.1 Å². The topological polar surface area (TPSA) is 59.2 Å². The summed E-state index contributed by atoms with van der Waals surface area (Å²) in [4.78, 5) is 18.4. The lowest BCUT2D eigenvalue weighted by molar-refractivity contribution is -0.136. The summed E-state index contributed by atoms with van der Waals surface area (Å²) in [6.07, 6.45) is -2.34. The Hall–Kier alpha value is -2.12. The van der Waals surface area contributed by atoms with E-state index in [1.165, 1.54) is 6.92 Å². The number of hydrogen-bond donors (Lipinski definition) is 0. The Morgan fingerprint density at radius 1 is 1.31 bits per heavy atom. The van der Waals surface area contributed by atoms with E-state index in [1.807, 2.05) is 4.90 Å². The molecule has 1 aliphatic heterocycles. The van der Waals surface area contributed by atoms with Crippen LogP contribution in [0.4, 0.5) is 13.2 Å². The average Bonchev–Trinajstić information content (AvgIpc) is 3.22. The zero-order valence-electron chi connectivity index (χ0n) is 14.6. The van der Waals surface area contributed by atoms with Gasteiger partial charge in [0.05, 0.1) is 16.6 Å². The monoisotopic (exact) mass is 367 g/mol. The minimum atomic E-state index is -4.50. The van der Waals surface area contributed by atoms with Gasteiger partial charge in [0, 0.05) is 30.6 Å². The van der Waals surface area contributed by atoms with E-state index >= 15 is 0 Å². The molecule has 2 fully saturated rings.